The highest BCUT2D eigenvalue weighted by atomic mass is 16.2. The third-order valence-corrected chi connectivity index (χ3v) is 4.56. The predicted octanol–water partition coefficient (Wildman–Crippen LogP) is 0.293. The molecule has 3 rings (SSSR count). The van der Waals surface area contributed by atoms with E-state index >= 15 is 0 Å². The zero-order valence-electron chi connectivity index (χ0n) is 13.3. The second-order valence-corrected chi connectivity index (χ2v) is 6.21. The van der Waals surface area contributed by atoms with E-state index in [9.17, 15) is 9.59 Å². The summed E-state index contributed by atoms with van der Waals surface area (Å²) in [5, 5.41) is 3.01. The van der Waals surface area contributed by atoms with Crippen molar-refractivity contribution in [2.75, 3.05) is 32.7 Å². The first kappa shape index (κ1) is 15.9. The number of nitrogens with zero attached hydrogens (tertiary/aromatic N) is 4. The van der Waals surface area contributed by atoms with E-state index in [0.29, 0.717) is 12.2 Å². The molecular formula is C16H23N5O2. The molecule has 0 spiro atoms. The summed E-state index contributed by atoms with van der Waals surface area (Å²) in [6.07, 6.45) is 6.93. The number of carbonyl (C=O) groups excluding carboxylic acids is 2. The average Bonchev–Trinajstić information content (AvgIpc) is 3.12. The maximum atomic E-state index is 12.2. The Balaban J connectivity index is 1.41. The molecule has 0 unspecified atom stereocenters. The quantitative estimate of drug-likeness (QED) is 0.864. The third-order valence-electron chi connectivity index (χ3n) is 4.56. The maximum Gasteiger partial charge on any atom is 0.270 e. The van der Waals surface area contributed by atoms with Crippen LogP contribution in [0.2, 0.25) is 0 Å². The molecule has 7 nitrogen and oxygen atoms in total. The van der Waals surface area contributed by atoms with Crippen molar-refractivity contribution >= 4 is 11.8 Å². The second kappa shape index (κ2) is 7.50. The van der Waals surface area contributed by atoms with E-state index in [0.717, 1.165) is 51.9 Å². The van der Waals surface area contributed by atoms with Crippen LogP contribution < -0.4 is 5.32 Å². The summed E-state index contributed by atoms with van der Waals surface area (Å²) >= 11 is 0. The van der Waals surface area contributed by atoms with Crippen LogP contribution in [0.25, 0.3) is 0 Å². The van der Waals surface area contributed by atoms with E-state index in [4.69, 9.17) is 0 Å². The van der Waals surface area contributed by atoms with Gasteiger partial charge in [0.2, 0.25) is 5.91 Å². The fraction of sp³-hybridized carbons (Fsp3) is 0.625. The molecular weight excluding hydrogens is 294 g/mol. The summed E-state index contributed by atoms with van der Waals surface area (Å²) in [6.45, 7) is 4.00. The number of aromatic nitrogens is 2. The zero-order valence-corrected chi connectivity index (χ0v) is 13.3. The summed E-state index contributed by atoms with van der Waals surface area (Å²) in [5.74, 6) is 0.0879. The minimum Gasteiger partial charge on any atom is -0.348 e. The van der Waals surface area contributed by atoms with Crippen LogP contribution in [0.3, 0.4) is 0 Å². The molecule has 2 saturated heterocycles. The third kappa shape index (κ3) is 4.25. The van der Waals surface area contributed by atoms with E-state index in [1.165, 1.54) is 6.33 Å². The Hall–Kier alpha value is -2.02. The molecule has 7 heteroatoms. The van der Waals surface area contributed by atoms with Crippen molar-refractivity contribution in [1.82, 2.24) is 25.1 Å². The van der Waals surface area contributed by atoms with Gasteiger partial charge in [-0.15, -0.1) is 0 Å². The van der Waals surface area contributed by atoms with Gasteiger partial charge < -0.3 is 10.2 Å². The number of rotatable bonds is 4. The molecule has 0 aliphatic carbocycles. The van der Waals surface area contributed by atoms with Gasteiger partial charge in [-0.05, 0) is 31.7 Å². The standard InChI is InChI=1S/C16H23N5O2/c22-15(21-7-1-2-8-21)11-20-9-4-13(5-10-20)19-16(23)14-3-6-17-12-18-14/h3,6,12-13H,1-2,4-5,7-11H2,(H,19,23). The SMILES string of the molecule is O=C(NC1CCN(CC(=O)N2CCCC2)CC1)c1ccncn1. The Morgan fingerprint density at radius 2 is 1.91 bits per heavy atom. The van der Waals surface area contributed by atoms with Crippen LogP contribution in [-0.4, -0.2) is 70.3 Å². The number of piperidine rings is 1. The molecule has 1 aromatic heterocycles. The highest BCUT2D eigenvalue weighted by molar-refractivity contribution is 5.92. The fourth-order valence-corrected chi connectivity index (χ4v) is 3.18. The van der Waals surface area contributed by atoms with E-state index in [-0.39, 0.29) is 17.9 Å². The Bertz CT molecular complexity index is 537. The molecule has 2 aliphatic rings. The lowest BCUT2D eigenvalue weighted by Crippen LogP contribution is -2.47. The van der Waals surface area contributed by atoms with E-state index in [1.54, 1.807) is 12.3 Å². The van der Waals surface area contributed by atoms with Gasteiger partial charge in [0, 0.05) is 38.4 Å². The summed E-state index contributed by atoms with van der Waals surface area (Å²) in [7, 11) is 0. The molecule has 124 valence electrons. The first-order valence-electron chi connectivity index (χ1n) is 8.29. The van der Waals surface area contributed by atoms with Crippen LogP contribution in [0, 0.1) is 0 Å². The number of nitrogens with one attached hydrogen (secondary N) is 1. The minimum atomic E-state index is -0.154. The van der Waals surface area contributed by atoms with Gasteiger partial charge in [0.1, 0.15) is 12.0 Å². The van der Waals surface area contributed by atoms with E-state index in [2.05, 4.69) is 20.2 Å². The van der Waals surface area contributed by atoms with Gasteiger partial charge in [-0.2, -0.15) is 0 Å². The molecule has 2 fully saturated rings. The summed E-state index contributed by atoms with van der Waals surface area (Å²) in [6, 6.07) is 1.76. The number of likely N-dealkylation sites (tertiary alicyclic amines) is 2. The fourth-order valence-electron chi connectivity index (χ4n) is 3.18. The van der Waals surface area contributed by atoms with Crippen molar-refractivity contribution in [1.29, 1.82) is 0 Å². The van der Waals surface area contributed by atoms with Gasteiger partial charge in [-0.1, -0.05) is 0 Å². The zero-order chi connectivity index (χ0) is 16.1. The Labute approximate surface area is 136 Å². The van der Waals surface area contributed by atoms with Gasteiger partial charge >= 0.3 is 0 Å². The van der Waals surface area contributed by atoms with Crippen molar-refractivity contribution < 1.29 is 9.59 Å². The molecule has 0 atom stereocenters. The molecule has 0 saturated carbocycles. The van der Waals surface area contributed by atoms with Gasteiger partial charge in [0.15, 0.2) is 0 Å². The van der Waals surface area contributed by atoms with Crippen molar-refractivity contribution in [3.05, 3.63) is 24.3 Å². The monoisotopic (exact) mass is 317 g/mol. The number of carbonyl (C=O) groups is 2. The molecule has 23 heavy (non-hydrogen) atoms. The molecule has 1 aromatic rings. The lowest BCUT2D eigenvalue weighted by atomic mass is 10.0. The van der Waals surface area contributed by atoms with Gasteiger partial charge in [-0.3, -0.25) is 14.5 Å². The molecule has 2 amide bonds. The second-order valence-electron chi connectivity index (χ2n) is 6.21. The lowest BCUT2D eigenvalue weighted by molar-refractivity contribution is -0.131. The topological polar surface area (TPSA) is 78.4 Å². The maximum absolute atomic E-state index is 12.2. The van der Waals surface area contributed by atoms with E-state index < -0.39 is 0 Å². The van der Waals surface area contributed by atoms with Crippen LogP contribution in [0.4, 0.5) is 0 Å². The molecule has 0 bridgehead atoms. The molecule has 0 radical (unpaired) electrons. The normalized spacial score (nSPS) is 19.7. The number of hydrogen-bond donors (Lipinski definition) is 1. The van der Waals surface area contributed by atoms with Crippen molar-refractivity contribution in [2.45, 2.75) is 31.7 Å². The van der Waals surface area contributed by atoms with Crippen LogP contribution in [0.1, 0.15) is 36.2 Å². The van der Waals surface area contributed by atoms with Crippen LogP contribution in [0.15, 0.2) is 18.6 Å². The number of hydrogen-bond acceptors (Lipinski definition) is 5. The van der Waals surface area contributed by atoms with Gasteiger partial charge in [0.05, 0.1) is 6.54 Å². The smallest absolute Gasteiger partial charge is 0.270 e. The Morgan fingerprint density at radius 3 is 2.57 bits per heavy atom. The first-order valence-corrected chi connectivity index (χ1v) is 8.29. The van der Waals surface area contributed by atoms with Crippen LogP contribution >= 0.6 is 0 Å². The molecule has 1 N–H and O–H groups in total. The van der Waals surface area contributed by atoms with E-state index in [1.807, 2.05) is 4.90 Å². The predicted molar refractivity (Wildman–Crippen MR) is 84.8 cm³/mol. The van der Waals surface area contributed by atoms with Crippen molar-refractivity contribution in [3.63, 3.8) is 0 Å². The van der Waals surface area contributed by atoms with Crippen molar-refractivity contribution in [3.8, 4) is 0 Å². The van der Waals surface area contributed by atoms with Crippen LogP contribution in [-0.2, 0) is 4.79 Å². The van der Waals surface area contributed by atoms with Crippen molar-refractivity contribution in [2.24, 2.45) is 0 Å². The summed E-state index contributed by atoms with van der Waals surface area (Å²) in [5.41, 5.74) is 0.395. The minimum absolute atomic E-state index is 0.149. The summed E-state index contributed by atoms with van der Waals surface area (Å²) < 4.78 is 0. The Morgan fingerprint density at radius 1 is 1.17 bits per heavy atom. The largest absolute Gasteiger partial charge is 0.348 e. The Kier molecular flexibility index (Phi) is 5.17. The average molecular weight is 317 g/mol. The highest BCUT2D eigenvalue weighted by Crippen LogP contribution is 2.13. The first-order chi connectivity index (χ1) is 11.2. The number of amides is 2. The molecule has 0 aromatic carbocycles. The molecule has 2 aliphatic heterocycles. The van der Waals surface area contributed by atoms with Crippen LogP contribution in [0.5, 0.6) is 0 Å². The lowest BCUT2D eigenvalue weighted by Gasteiger charge is -2.32. The highest BCUT2D eigenvalue weighted by Gasteiger charge is 2.25. The van der Waals surface area contributed by atoms with Gasteiger partial charge in [0.25, 0.3) is 5.91 Å². The van der Waals surface area contributed by atoms with Gasteiger partial charge in [-0.25, -0.2) is 9.97 Å². The molecule has 3 heterocycles. The summed E-state index contributed by atoms with van der Waals surface area (Å²) in [4.78, 5) is 36.1.